The molecule has 1 aromatic heterocycles. The number of carboxylic acids is 1. The van der Waals surface area contributed by atoms with E-state index in [1.54, 1.807) is 25.1 Å². The van der Waals surface area contributed by atoms with Gasteiger partial charge in [-0.25, -0.2) is 14.3 Å². The van der Waals surface area contributed by atoms with Crippen LogP contribution >= 0.6 is 23.5 Å². The molecule has 2 saturated heterocycles. The van der Waals surface area contributed by atoms with E-state index in [2.05, 4.69) is 31.5 Å². The maximum atomic E-state index is 13.9. The molecule has 2 fully saturated rings. The summed E-state index contributed by atoms with van der Waals surface area (Å²) < 4.78 is 1.14. The number of nitrogens with two attached hydrogens (primary N) is 1. The molecule has 2 aromatic rings. The van der Waals surface area contributed by atoms with E-state index in [9.17, 15) is 43.5 Å². The molecule has 49 heavy (non-hydrogen) atoms. The molecular weight excluding hydrogens is 686 g/mol. The molecular formula is C27H29N11O9S2. The van der Waals surface area contributed by atoms with E-state index in [1.807, 2.05) is 0 Å². The quantitative estimate of drug-likeness (QED) is 0.0461. The number of carbonyl (C=O) groups excluding carboxylic acids is 7. The number of amides is 8. The Balaban J connectivity index is 1.38. The Bertz CT molecular complexity index is 1750. The first-order chi connectivity index (χ1) is 23.4. The Kier molecular flexibility index (Phi) is 10.2. The van der Waals surface area contributed by atoms with E-state index in [4.69, 9.17) is 5.73 Å². The lowest BCUT2D eigenvalue weighted by Gasteiger charge is -2.56. The number of nitrogens with zero attached hydrogens (tertiary/aromatic N) is 7. The summed E-state index contributed by atoms with van der Waals surface area (Å²) in [6.07, 6.45) is 0.178. The Labute approximate surface area is 285 Å². The average Bonchev–Trinajstić information content (AvgIpc) is 3.52. The smallest absolute Gasteiger partial charge is 0.352 e. The number of rotatable bonds is 13. The number of benzene rings is 1. The molecule has 4 heterocycles. The Hall–Kier alpha value is -5.51. The molecule has 3 aliphatic rings. The van der Waals surface area contributed by atoms with Crippen LogP contribution in [0.2, 0.25) is 0 Å². The third-order valence-corrected chi connectivity index (χ3v) is 10.2. The number of β-lactam (4-membered cyclic amide) rings is 1. The van der Waals surface area contributed by atoms with Crippen LogP contribution in [0.4, 0.5) is 4.79 Å². The van der Waals surface area contributed by atoms with Gasteiger partial charge in [0.1, 0.15) is 23.7 Å². The Morgan fingerprint density at radius 3 is 2.55 bits per heavy atom. The van der Waals surface area contributed by atoms with Crippen LogP contribution < -0.4 is 21.7 Å². The number of carbonyl (C=O) groups is 8. The number of urea groups is 1. The van der Waals surface area contributed by atoms with Gasteiger partial charge in [-0.15, -0.1) is 16.9 Å². The normalized spacial score (nSPS) is 21.0. The van der Waals surface area contributed by atoms with Crippen LogP contribution in [0.25, 0.3) is 0 Å². The molecule has 1 aromatic carbocycles. The van der Waals surface area contributed by atoms with Crippen molar-refractivity contribution in [3.8, 4) is 0 Å². The zero-order valence-corrected chi connectivity index (χ0v) is 27.2. The predicted octanol–water partition coefficient (Wildman–Crippen LogP) is -2.80. The van der Waals surface area contributed by atoms with Crippen LogP contribution in [0.5, 0.6) is 0 Å². The molecule has 0 bridgehead atoms. The van der Waals surface area contributed by atoms with E-state index in [-0.39, 0.29) is 60.5 Å². The van der Waals surface area contributed by atoms with Crippen molar-refractivity contribution < 1.29 is 43.5 Å². The summed E-state index contributed by atoms with van der Waals surface area (Å²) in [5.74, 6) is -6.01. The number of tetrazole rings is 1. The number of thioether (sulfide) groups is 2. The van der Waals surface area contributed by atoms with Gasteiger partial charge in [0.25, 0.3) is 5.91 Å². The monoisotopic (exact) mass is 715 g/mol. The number of likely N-dealkylation sites (N-methyl/N-ethyl adjacent to an activating group) is 1. The van der Waals surface area contributed by atoms with E-state index in [0.29, 0.717) is 10.5 Å². The van der Waals surface area contributed by atoms with Gasteiger partial charge in [-0.3, -0.25) is 38.6 Å². The van der Waals surface area contributed by atoms with Crippen LogP contribution in [0.15, 0.2) is 46.8 Å². The van der Waals surface area contributed by atoms with E-state index < -0.39 is 58.6 Å². The van der Waals surface area contributed by atoms with E-state index in [0.717, 1.165) is 33.1 Å². The van der Waals surface area contributed by atoms with Gasteiger partial charge in [0.05, 0.1) is 0 Å². The maximum absolute atomic E-state index is 13.9. The summed E-state index contributed by atoms with van der Waals surface area (Å²) in [5, 5.41) is 27.4. The van der Waals surface area contributed by atoms with E-state index in [1.165, 1.54) is 17.0 Å². The van der Waals surface area contributed by atoms with Crippen LogP contribution in [0, 0.1) is 0 Å². The van der Waals surface area contributed by atoms with Crippen molar-refractivity contribution in [1.29, 1.82) is 0 Å². The standard InChI is InChI=1S/C27H29N11O9S2/c1-2-35-8-9-36(21(43)20(35)42)25(47)30-17(14-6-4-3-5-7-14)19(41)31-27(29-13-39)23(46)38-18(22(44)45)15(11-48-24(27)38)12-49-26-32-33-34-37(26)10-16(28)40/h3-7,13,17,24H,2,8-12H2,1H3,(H2,28,40)(H,29,39)(H,30,47)(H,31,41)(H,44,45)/t17?,24-,27+/m1/s1. The number of nitrogens with one attached hydrogen (secondary N) is 3. The molecule has 3 atom stereocenters. The Morgan fingerprint density at radius 1 is 1.16 bits per heavy atom. The van der Waals surface area contributed by atoms with Crippen molar-refractivity contribution in [2.24, 2.45) is 5.73 Å². The summed E-state index contributed by atoms with van der Waals surface area (Å²) in [4.78, 5) is 104. The molecule has 6 N–H and O–H groups in total. The topological polar surface area (TPSA) is 272 Å². The summed E-state index contributed by atoms with van der Waals surface area (Å²) in [6, 6.07) is 5.27. The van der Waals surface area contributed by atoms with Gasteiger partial charge >= 0.3 is 23.8 Å². The number of hydrogen-bond donors (Lipinski definition) is 5. The van der Waals surface area contributed by atoms with Crippen molar-refractivity contribution in [3.05, 3.63) is 47.2 Å². The third kappa shape index (κ3) is 6.63. The lowest BCUT2D eigenvalue weighted by molar-refractivity contribution is -0.163. The summed E-state index contributed by atoms with van der Waals surface area (Å²) in [5.41, 5.74) is 3.25. The molecule has 8 amide bonds. The molecule has 1 unspecified atom stereocenters. The zero-order chi connectivity index (χ0) is 35.5. The highest BCUT2D eigenvalue weighted by Crippen LogP contribution is 2.46. The molecule has 3 aliphatic heterocycles. The largest absolute Gasteiger partial charge is 0.477 e. The number of aliphatic carboxylic acids is 1. The Morgan fingerprint density at radius 2 is 1.90 bits per heavy atom. The summed E-state index contributed by atoms with van der Waals surface area (Å²) >= 11 is 2.06. The van der Waals surface area contributed by atoms with Crippen molar-refractivity contribution >= 4 is 71.5 Å². The highest BCUT2D eigenvalue weighted by atomic mass is 32.2. The van der Waals surface area contributed by atoms with Crippen molar-refractivity contribution in [3.63, 3.8) is 0 Å². The summed E-state index contributed by atoms with van der Waals surface area (Å²) in [6.45, 7) is 1.61. The van der Waals surface area contributed by atoms with Gasteiger partial charge in [0.2, 0.25) is 29.0 Å². The van der Waals surface area contributed by atoms with Gasteiger partial charge in [-0.05, 0) is 28.5 Å². The highest BCUT2D eigenvalue weighted by Gasteiger charge is 2.66. The van der Waals surface area contributed by atoms with Crippen molar-refractivity contribution in [1.82, 2.24) is 50.9 Å². The fraction of sp³-hybridized carbons (Fsp3) is 0.370. The number of primary amides is 1. The second-order valence-corrected chi connectivity index (χ2v) is 12.7. The first-order valence-electron chi connectivity index (χ1n) is 14.5. The molecule has 0 radical (unpaired) electrons. The lowest BCUT2D eigenvalue weighted by Crippen LogP contribution is -2.85. The van der Waals surface area contributed by atoms with Crippen LogP contribution in [-0.2, 0) is 40.1 Å². The molecule has 5 rings (SSSR count). The number of fused-ring (bicyclic) bond motifs is 1. The lowest BCUT2D eigenvalue weighted by atomic mass is 9.94. The minimum atomic E-state index is -2.12. The molecule has 0 spiro atoms. The van der Waals surface area contributed by atoms with Crippen molar-refractivity contribution in [2.45, 2.75) is 35.7 Å². The second-order valence-electron chi connectivity index (χ2n) is 10.7. The number of piperazine rings is 1. The minimum absolute atomic E-state index is 0.000584. The number of aromatic nitrogens is 4. The van der Waals surface area contributed by atoms with Crippen LogP contribution in [0.3, 0.4) is 0 Å². The number of imide groups is 1. The van der Waals surface area contributed by atoms with Gasteiger partial charge < -0.3 is 31.7 Å². The highest BCUT2D eigenvalue weighted by molar-refractivity contribution is 8.01. The average molecular weight is 716 g/mol. The minimum Gasteiger partial charge on any atom is -0.477 e. The van der Waals surface area contributed by atoms with Gasteiger partial charge in [0.15, 0.2) is 0 Å². The number of carboxylic acid groups (broad SMARTS) is 1. The van der Waals surface area contributed by atoms with Gasteiger partial charge in [-0.1, -0.05) is 42.1 Å². The fourth-order valence-electron chi connectivity index (χ4n) is 5.39. The first-order valence-corrected chi connectivity index (χ1v) is 16.5. The fourth-order valence-corrected chi connectivity index (χ4v) is 7.83. The van der Waals surface area contributed by atoms with Gasteiger partial charge in [0, 0.05) is 31.1 Å². The first kappa shape index (κ1) is 34.8. The third-order valence-electron chi connectivity index (χ3n) is 7.74. The molecule has 0 saturated carbocycles. The molecule has 258 valence electrons. The van der Waals surface area contributed by atoms with Gasteiger partial charge in [-0.2, -0.15) is 0 Å². The molecule has 0 aliphatic carbocycles. The maximum Gasteiger partial charge on any atom is 0.352 e. The summed E-state index contributed by atoms with van der Waals surface area (Å²) in [7, 11) is 0. The SMILES string of the molecule is CCN1CCN(C(=O)NC(C(=O)N[C@@]2(NC=O)C(=O)N3C(C(=O)O)=C(CSc4nnnn4CC(N)=O)CS[C@@H]32)c2ccccc2)C(=O)C1=O. The van der Waals surface area contributed by atoms with E-state index >= 15 is 0 Å². The second kappa shape index (κ2) is 14.3. The van der Waals surface area contributed by atoms with Crippen LogP contribution in [0.1, 0.15) is 18.5 Å². The van der Waals surface area contributed by atoms with Crippen molar-refractivity contribution in [2.75, 3.05) is 31.1 Å². The van der Waals surface area contributed by atoms with Crippen LogP contribution in [-0.4, -0.2) is 130 Å². The number of hydrogen-bond acceptors (Lipinski definition) is 13. The zero-order valence-electron chi connectivity index (χ0n) is 25.6. The predicted molar refractivity (Wildman–Crippen MR) is 167 cm³/mol. The molecule has 22 heteroatoms. The molecule has 20 nitrogen and oxygen atoms in total.